The summed E-state index contributed by atoms with van der Waals surface area (Å²) in [5, 5.41) is 13.0. The van der Waals surface area contributed by atoms with E-state index < -0.39 is 0 Å². The monoisotopic (exact) mass is 274 g/mol. The van der Waals surface area contributed by atoms with Gasteiger partial charge in [0.25, 0.3) is 0 Å². The van der Waals surface area contributed by atoms with Crippen LogP contribution in [-0.2, 0) is 6.42 Å². The number of nitrogens with one attached hydrogen (secondary N) is 1. The van der Waals surface area contributed by atoms with Gasteiger partial charge in [-0.1, -0.05) is 12.1 Å². The number of hydrogen-bond acceptors (Lipinski definition) is 3. The predicted molar refractivity (Wildman–Crippen MR) is 82.0 cm³/mol. The van der Waals surface area contributed by atoms with Gasteiger partial charge in [-0.05, 0) is 69.8 Å². The van der Waals surface area contributed by atoms with Gasteiger partial charge < -0.3 is 10.4 Å². The van der Waals surface area contributed by atoms with Crippen molar-refractivity contribution in [3.8, 4) is 5.75 Å². The number of phenolic OH excluding ortho intramolecular Hbond substituents is 1. The molecule has 0 amide bonds. The van der Waals surface area contributed by atoms with Gasteiger partial charge in [-0.15, -0.1) is 0 Å². The summed E-state index contributed by atoms with van der Waals surface area (Å²) >= 11 is 0. The summed E-state index contributed by atoms with van der Waals surface area (Å²) in [6.07, 6.45) is 6.43. The molecule has 2 fully saturated rings. The predicted octanol–water partition coefficient (Wildman–Crippen LogP) is 2.54. The molecule has 3 heteroatoms. The van der Waals surface area contributed by atoms with Gasteiger partial charge in [0, 0.05) is 18.1 Å². The molecule has 2 heterocycles. The van der Waals surface area contributed by atoms with Crippen LogP contribution in [0.25, 0.3) is 0 Å². The average Bonchev–Trinajstić information content (AvgIpc) is 3.11. The lowest BCUT2D eigenvalue weighted by Gasteiger charge is -2.34. The van der Waals surface area contributed by atoms with Gasteiger partial charge >= 0.3 is 0 Å². The third-order valence-electron chi connectivity index (χ3n) is 4.94. The molecule has 20 heavy (non-hydrogen) atoms. The highest BCUT2D eigenvalue weighted by Crippen LogP contribution is 2.27. The molecule has 0 saturated carbocycles. The summed E-state index contributed by atoms with van der Waals surface area (Å²) in [6.45, 7) is 4.78. The lowest BCUT2D eigenvalue weighted by Crippen LogP contribution is -2.48. The van der Waals surface area contributed by atoms with Crippen molar-refractivity contribution >= 4 is 0 Å². The first-order chi connectivity index (χ1) is 9.74. The minimum absolute atomic E-state index is 0.357. The van der Waals surface area contributed by atoms with Crippen LogP contribution in [0.5, 0.6) is 5.75 Å². The molecule has 1 aromatic rings. The van der Waals surface area contributed by atoms with Gasteiger partial charge in [-0.2, -0.15) is 0 Å². The van der Waals surface area contributed by atoms with Crippen LogP contribution >= 0.6 is 0 Å². The summed E-state index contributed by atoms with van der Waals surface area (Å²) in [4.78, 5) is 2.70. The summed E-state index contributed by atoms with van der Waals surface area (Å²) in [5.41, 5.74) is 1.32. The van der Waals surface area contributed by atoms with Crippen molar-refractivity contribution in [2.75, 3.05) is 13.1 Å². The highest BCUT2D eigenvalue weighted by Gasteiger charge is 2.35. The maximum atomic E-state index is 9.37. The fraction of sp³-hybridized carbons (Fsp3) is 0.647. The molecule has 0 radical (unpaired) electrons. The highest BCUT2D eigenvalue weighted by atomic mass is 16.3. The van der Waals surface area contributed by atoms with Crippen LogP contribution in [0.1, 0.15) is 38.2 Å². The molecule has 0 aliphatic carbocycles. The van der Waals surface area contributed by atoms with E-state index in [0.29, 0.717) is 17.8 Å². The lowest BCUT2D eigenvalue weighted by atomic mass is 10.0. The Morgan fingerprint density at radius 1 is 1.25 bits per heavy atom. The van der Waals surface area contributed by atoms with E-state index in [2.05, 4.69) is 17.1 Å². The lowest BCUT2D eigenvalue weighted by molar-refractivity contribution is 0.162. The highest BCUT2D eigenvalue weighted by molar-refractivity contribution is 5.26. The van der Waals surface area contributed by atoms with Crippen LogP contribution in [0, 0.1) is 0 Å². The SMILES string of the molecule is CC(Cc1ccc(O)cc1)N1CCCC1C1CCCN1. The van der Waals surface area contributed by atoms with E-state index in [9.17, 15) is 5.11 Å². The van der Waals surface area contributed by atoms with E-state index in [1.165, 1.54) is 44.3 Å². The Balaban J connectivity index is 1.63. The fourth-order valence-electron chi connectivity index (χ4n) is 3.92. The van der Waals surface area contributed by atoms with Crippen LogP contribution < -0.4 is 5.32 Å². The van der Waals surface area contributed by atoms with Crippen molar-refractivity contribution in [3.63, 3.8) is 0 Å². The molecular weight excluding hydrogens is 248 g/mol. The zero-order valence-corrected chi connectivity index (χ0v) is 12.4. The standard InChI is InChI=1S/C17H26N2O/c1-13(12-14-6-8-15(20)9-7-14)19-11-3-5-17(19)16-4-2-10-18-16/h6-9,13,16-18,20H,2-5,10-12H2,1H3. The molecule has 0 spiro atoms. The molecule has 2 aliphatic rings. The first-order valence-electron chi connectivity index (χ1n) is 8.01. The van der Waals surface area contributed by atoms with Crippen molar-refractivity contribution in [2.45, 2.75) is 57.2 Å². The Labute approximate surface area is 122 Å². The molecule has 3 rings (SSSR count). The number of likely N-dealkylation sites (tertiary alicyclic amines) is 1. The molecule has 2 saturated heterocycles. The van der Waals surface area contributed by atoms with Crippen LogP contribution in [0.2, 0.25) is 0 Å². The number of aromatic hydroxyl groups is 1. The Hall–Kier alpha value is -1.06. The Kier molecular flexibility index (Phi) is 4.27. The molecule has 0 aromatic heterocycles. The van der Waals surface area contributed by atoms with E-state index in [-0.39, 0.29) is 0 Å². The Morgan fingerprint density at radius 3 is 2.75 bits per heavy atom. The third-order valence-corrected chi connectivity index (χ3v) is 4.94. The molecule has 3 unspecified atom stereocenters. The van der Waals surface area contributed by atoms with E-state index >= 15 is 0 Å². The van der Waals surface area contributed by atoms with Crippen molar-refractivity contribution < 1.29 is 5.11 Å². The fourth-order valence-corrected chi connectivity index (χ4v) is 3.92. The van der Waals surface area contributed by atoms with Crippen LogP contribution in [0.3, 0.4) is 0 Å². The average molecular weight is 274 g/mol. The molecule has 1 aromatic carbocycles. The molecular formula is C17H26N2O. The van der Waals surface area contributed by atoms with Crippen LogP contribution in [-0.4, -0.2) is 41.2 Å². The zero-order valence-electron chi connectivity index (χ0n) is 12.4. The second kappa shape index (κ2) is 6.15. The van der Waals surface area contributed by atoms with E-state index in [4.69, 9.17) is 0 Å². The second-order valence-corrected chi connectivity index (χ2v) is 6.37. The van der Waals surface area contributed by atoms with Gasteiger partial charge in [0.15, 0.2) is 0 Å². The molecule has 0 bridgehead atoms. The van der Waals surface area contributed by atoms with Crippen molar-refractivity contribution in [3.05, 3.63) is 29.8 Å². The molecule has 2 N–H and O–H groups in total. The summed E-state index contributed by atoms with van der Waals surface area (Å²) in [5.74, 6) is 0.357. The number of benzene rings is 1. The smallest absolute Gasteiger partial charge is 0.115 e. The number of phenols is 1. The van der Waals surface area contributed by atoms with Crippen LogP contribution in [0.15, 0.2) is 24.3 Å². The summed E-state index contributed by atoms with van der Waals surface area (Å²) < 4.78 is 0. The van der Waals surface area contributed by atoms with Crippen molar-refractivity contribution in [1.82, 2.24) is 10.2 Å². The summed E-state index contributed by atoms with van der Waals surface area (Å²) in [7, 11) is 0. The first kappa shape index (κ1) is 13.9. The minimum atomic E-state index is 0.357. The normalized spacial score (nSPS) is 28.9. The molecule has 3 atom stereocenters. The molecule has 3 nitrogen and oxygen atoms in total. The minimum Gasteiger partial charge on any atom is -0.508 e. The van der Waals surface area contributed by atoms with E-state index in [1.807, 2.05) is 12.1 Å². The van der Waals surface area contributed by atoms with Gasteiger partial charge in [0.2, 0.25) is 0 Å². The number of hydrogen-bond donors (Lipinski definition) is 2. The maximum Gasteiger partial charge on any atom is 0.115 e. The van der Waals surface area contributed by atoms with Gasteiger partial charge in [0.05, 0.1) is 0 Å². The number of nitrogens with zero attached hydrogens (tertiary/aromatic N) is 1. The zero-order chi connectivity index (χ0) is 13.9. The van der Waals surface area contributed by atoms with Crippen LogP contribution in [0.4, 0.5) is 0 Å². The van der Waals surface area contributed by atoms with E-state index in [0.717, 1.165) is 12.5 Å². The first-order valence-corrected chi connectivity index (χ1v) is 8.01. The third kappa shape index (κ3) is 2.99. The molecule has 110 valence electrons. The van der Waals surface area contributed by atoms with Crippen molar-refractivity contribution in [1.29, 1.82) is 0 Å². The Morgan fingerprint density at radius 2 is 2.05 bits per heavy atom. The van der Waals surface area contributed by atoms with Gasteiger partial charge in [0.1, 0.15) is 5.75 Å². The quantitative estimate of drug-likeness (QED) is 0.885. The largest absolute Gasteiger partial charge is 0.508 e. The summed E-state index contributed by atoms with van der Waals surface area (Å²) in [6, 6.07) is 9.69. The topological polar surface area (TPSA) is 35.5 Å². The second-order valence-electron chi connectivity index (χ2n) is 6.37. The Bertz CT molecular complexity index is 425. The van der Waals surface area contributed by atoms with E-state index in [1.54, 1.807) is 12.1 Å². The number of rotatable bonds is 4. The van der Waals surface area contributed by atoms with Crippen molar-refractivity contribution in [2.24, 2.45) is 0 Å². The maximum absolute atomic E-state index is 9.37. The van der Waals surface area contributed by atoms with Gasteiger partial charge in [-0.3, -0.25) is 4.90 Å². The molecule has 2 aliphatic heterocycles. The van der Waals surface area contributed by atoms with Gasteiger partial charge in [-0.25, -0.2) is 0 Å².